The number of amides is 2. The minimum atomic E-state index is -4.65. The number of nitrogens with zero attached hydrogens (tertiary/aromatic N) is 6. The Labute approximate surface area is 192 Å². The summed E-state index contributed by atoms with van der Waals surface area (Å²) in [6.45, 7) is 4.22. The first-order valence-electron chi connectivity index (χ1n) is 10.3. The van der Waals surface area contributed by atoms with Crippen molar-refractivity contribution in [1.82, 2.24) is 29.6 Å². The van der Waals surface area contributed by atoms with Gasteiger partial charge in [0.15, 0.2) is 5.82 Å². The lowest BCUT2D eigenvalue weighted by Gasteiger charge is -2.25. The number of likely N-dealkylation sites (tertiary alicyclic amines) is 1. The number of benzene rings is 1. The van der Waals surface area contributed by atoms with E-state index >= 15 is 0 Å². The summed E-state index contributed by atoms with van der Waals surface area (Å²) in [6.07, 6.45) is -2.23. The predicted octanol–water partition coefficient (Wildman–Crippen LogP) is 4.77. The molecule has 0 spiro atoms. The first kappa shape index (κ1) is 23.0. The third-order valence-electron chi connectivity index (χ3n) is 5.50. The Morgan fingerprint density at radius 2 is 1.94 bits per heavy atom. The molecule has 1 aromatic carbocycles. The number of nitrogens with one attached hydrogen (secondary N) is 1. The zero-order valence-electron chi connectivity index (χ0n) is 17.9. The van der Waals surface area contributed by atoms with Gasteiger partial charge in [-0.1, -0.05) is 23.7 Å². The van der Waals surface area contributed by atoms with Crippen molar-refractivity contribution in [2.75, 3.05) is 11.9 Å². The molecule has 0 unspecified atom stereocenters. The molecule has 2 aromatic heterocycles. The molecule has 0 saturated carbocycles. The van der Waals surface area contributed by atoms with Gasteiger partial charge >= 0.3 is 12.2 Å². The van der Waals surface area contributed by atoms with Crippen LogP contribution in [0.15, 0.2) is 30.5 Å². The first-order valence-corrected chi connectivity index (χ1v) is 10.6. The molecule has 3 heterocycles. The highest BCUT2D eigenvalue weighted by Gasteiger charge is 2.36. The smallest absolute Gasteiger partial charge is 0.314 e. The van der Waals surface area contributed by atoms with Crippen molar-refractivity contribution in [3.8, 4) is 0 Å². The van der Waals surface area contributed by atoms with Crippen molar-refractivity contribution in [2.45, 2.75) is 45.5 Å². The zero-order valence-corrected chi connectivity index (χ0v) is 18.7. The second-order valence-corrected chi connectivity index (χ2v) is 8.23. The molecule has 4 rings (SSSR count). The van der Waals surface area contributed by atoms with E-state index in [0.29, 0.717) is 36.2 Å². The number of urea groups is 1. The molecule has 8 nitrogen and oxygen atoms in total. The van der Waals surface area contributed by atoms with Crippen LogP contribution in [0.4, 0.5) is 23.7 Å². The van der Waals surface area contributed by atoms with Crippen molar-refractivity contribution in [3.05, 3.63) is 64.2 Å². The SMILES string of the molecule is Cc1nc(C(F)(F)F)ncc1NC(=O)N1CCC[C@@H]1c1nnc(C)n1Cc1ccc(Cl)cc1. The predicted molar refractivity (Wildman–Crippen MR) is 115 cm³/mol. The van der Waals surface area contributed by atoms with E-state index in [2.05, 4.69) is 25.5 Å². The highest BCUT2D eigenvalue weighted by atomic mass is 35.5. The van der Waals surface area contributed by atoms with Crippen LogP contribution in [0.2, 0.25) is 5.02 Å². The third-order valence-corrected chi connectivity index (χ3v) is 5.76. The molecule has 1 N–H and O–H groups in total. The van der Waals surface area contributed by atoms with Crippen molar-refractivity contribution in [2.24, 2.45) is 0 Å². The number of hydrogen-bond acceptors (Lipinski definition) is 5. The first-order chi connectivity index (χ1) is 15.6. The topological polar surface area (TPSA) is 88.8 Å². The summed E-state index contributed by atoms with van der Waals surface area (Å²) in [6, 6.07) is 6.66. The van der Waals surface area contributed by atoms with E-state index in [4.69, 9.17) is 11.6 Å². The van der Waals surface area contributed by atoms with Crippen molar-refractivity contribution < 1.29 is 18.0 Å². The van der Waals surface area contributed by atoms with Crippen LogP contribution in [0, 0.1) is 13.8 Å². The fourth-order valence-corrected chi connectivity index (χ4v) is 3.93. The lowest BCUT2D eigenvalue weighted by molar-refractivity contribution is -0.145. The number of anilines is 1. The van der Waals surface area contributed by atoms with Crippen LogP contribution in [0.25, 0.3) is 0 Å². The number of aryl methyl sites for hydroxylation is 2. The number of aromatic nitrogens is 5. The maximum Gasteiger partial charge on any atom is 0.451 e. The van der Waals surface area contributed by atoms with Gasteiger partial charge in [0.2, 0.25) is 5.82 Å². The van der Waals surface area contributed by atoms with Gasteiger partial charge in [-0.15, -0.1) is 10.2 Å². The van der Waals surface area contributed by atoms with E-state index in [9.17, 15) is 18.0 Å². The third kappa shape index (κ3) is 4.92. The monoisotopic (exact) mass is 479 g/mol. The normalized spacial score (nSPS) is 16.3. The number of rotatable bonds is 4. The Balaban J connectivity index is 1.54. The van der Waals surface area contributed by atoms with Crippen LogP contribution < -0.4 is 5.32 Å². The van der Waals surface area contributed by atoms with Gasteiger partial charge in [-0.05, 0) is 44.4 Å². The van der Waals surface area contributed by atoms with Crippen LogP contribution in [0.5, 0.6) is 0 Å². The quantitative estimate of drug-likeness (QED) is 0.582. The zero-order chi connectivity index (χ0) is 23.8. The van der Waals surface area contributed by atoms with Gasteiger partial charge in [-0.2, -0.15) is 13.2 Å². The van der Waals surface area contributed by atoms with E-state index in [1.165, 1.54) is 6.92 Å². The van der Waals surface area contributed by atoms with Gasteiger partial charge in [-0.3, -0.25) is 0 Å². The van der Waals surface area contributed by atoms with E-state index < -0.39 is 18.0 Å². The van der Waals surface area contributed by atoms with Gasteiger partial charge in [-0.25, -0.2) is 14.8 Å². The minimum Gasteiger partial charge on any atom is -0.314 e. The summed E-state index contributed by atoms with van der Waals surface area (Å²) >= 11 is 5.97. The highest BCUT2D eigenvalue weighted by molar-refractivity contribution is 6.30. The van der Waals surface area contributed by atoms with Gasteiger partial charge in [0.25, 0.3) is 0 Å². The Bertz CT molecular complexity index is 1160. The van der Waals surface area contributed by atoms with E-state index in [1.54, 1.807) is 17.0 Å². The van der Waals surface area contributed by atoms with Crippen LogP contribution in [-0.2, 0) is 12.7 Å². The number of carbonyl (C=O) groups is 1. The average molecular weight is 480 g/mol. The van der Waals surface area contributed by atoms with E-state index in [-0.39, 0.29) is 17.4 Å². The van der Waals surface area contributed by atoms with Crippen LogP contribution >= 0.6 is 11.6 Å². The number of carbonyl (C=O) groups excluding carboxylic acids is 1. The Hall–Kier alpha value is -3.21. The Kier molecular flexibility index (Phi) is 6.24. The molecule has 1 saturated heterocycles. The largest absolute Gasteiger partial charge is 0.451 e. The fraction of sp³-hybridized carbons (Fsp3) is 0.381. The molecule has 1 aliphatic rings. The van der Waals surface area contributed by atoms with E-state index in [0.717, 1.165) is 18.2 Å². The molecular weight excluding hydrogens is 459 g/mol. The average Bonchev–Trinajstić information content (AvgIpc) is 3.37. The fourth-order valence-electron chi connectivity index (χ4n) is 3.80. The van der Waals surface area contributed by atoms with Crippen molar-refractivity contribution >= 4 is 23.3 Å². The summed E-state index contributed by atoms with van der Waals surface area (Å²) in [4.78, 5) is 21.4. The number of hydrogen-bond donors (Lipinski definition) is 1. The van der Waals surface area contributed by atoms with Crippen LogP contribution in [0.3, 0.4) is 0 Å². The second kappa shape index (κ2) is 8.97. The number of alkyl halides is 3. The molecule has 0 radical (unpaired) electrons. The summed E-state index contributed by atoms with van der Waals surface area (Å²) in [5.74, 6) is 0.109. The summed E-state index contributed by atoms with van der Waals surface area (Å²) in [5, 5.41) is 11.8. The molecule has 33 heavy (non-hydrogen) atoms. The maximum atomic E-state index is 13.0. The molecule has 1 aliphatic heterocycles. The van der Waals surface area contributed by atoms with Gasteiger partial charge < -0.3 is 14.8 Å². The van der Waals surface area contributed by atoms with E-state index in [1.807, 2.05) is 23.6 Å². The standard InChI is InChI=1S/C21H21ClF3N7O/c1-12-16(10-26-19(27-12)21(23,24)25)28-20(33)31-9-3-4-17(31)18-30-29-13(2)32(18)11-14-5-7-15(22)8-6-14/h5-8,10,17H,3-4,9,11H2,1-2H3,(H,28,33)/t17-/m1/s1. The molecule has 3 aromatic rings. The van der Waals surface area contributed by atoms with Crippen LogP contribution in [-0.4, -0.2) is 42.2 Å². The maximum absolute atomic E-state index is 13.0. The van der Waals surface area contributed by atoms with Crippen LogP contribution in [0.1, 0.15) is 47.6 Å². The van der Waals surface area contributed by atoms with Gasteiger partial charge in [0.1, 0.15) is 5.82 Å². The molecule has 0 aliphatic carbocycles. The molecule has 1 fully saturated rings. The molecule has 0 bridgehead atoms. The summed E-state index contributed by atoms with van der Waals surface area (Å²) in [7, 11) is 0. The van der Waals surface area contributed by atoms with Crippen molar-refractivity contribution in [1.29, 1.82) is 0 Å². The number of halogens is 4. The Morgan fingerprint density at radius 1 is 1.21 bits per heavy atom. The van der Waals surface area contributed by atoms with Crippen molar-refractivity contribution in [3.63, 3.8) is 0 Å². The molecule has 174 valence electrons. The summed E-state index contributed by atoms with van der Waals surface area (Å²) < 4.78 is 40.4. The molecule has 1 atom stereocenters. The lowest BCUT2D eigenvalue weighted by Crippen LogP contribution is -2.36. The van der Waals surface area contributed by atoms with Gasteiger partial charge in [0, 0.05) is 11.6 Å². The minimum absolute atomic E-state index is 0.0307. The Morgan fingerprint density at radius 3 is 2.61 bits per heavy atom. The summed E-state index contributed by atoms with van der Waals surface area (Å²) in [5.41, 5.74) is 1.16. The lowest BCUT2D eigenvalue weighted by atomic mass is 10.2. The van der Waals surface area contributed by atoms with Gasteiger partial charge in [0.05, 0.1) is 30.2 Å². The molecule has 2 amide bonds. The molecule has 12 heteroatoms. The highest BCUT2D eigenvalue weighted by Crippen LogP contribution is 2.33. The second-order valence-electron chi connectivity index (χ2n) is 7.79. The molecular formula is C21H21ClF3N7O.